The molecule has 0 spiro atoms. The van der Waals surface area contributed by atoms with Crippen LogP contribution >= 0.6 is 0 Å². The van der Waals surface area contributed by atoms with Crippen LogP contribution in [0.15, 0.2) is 6.20 Å². The average molecular weight is 251 g/mol. The van der Waals surface area contributed by atoms with Gasteiger partial charge in [0.2, 0.25) is 5.95 Å². The van der Waals surface area contributed by atoms with Crippen molar-refractivity contribution in [2.24, 2.45) is 0 Å². The number of amides is 1. The quantitative estimate of drug-likeness (QED) is 0.741. The molecule has 17 heavy (non-hydrogen) atoms. The average Bonchev–Trinajstić information content (AvgIpc) is 2.61. The third-order valence-corrected chi connectivity index (χ3v) is 1.73. The SMILES string of the molecule is O=C(O)CCc1cnc(NC(=O)C(F)(F)F)[nH]1. The molecular formula is C8H8F3N3O3. The van der Waals surface area contributed by atoms with E-state index in [4.69, 9.17) is 5.11 Å². The second-order valence-electron chi connectivity index (χ2n) is 3.10. The number of aromatic nitrogens is 2. The van der Waals surface area contributed by atoms with Gasteiger partial charge in [-0.05, 0) is 6.42 Å². The highest BCUT2D eigenvalue weighted by atomic mass is 19.4. The molecule has 1 heterocycles. The molecule has 0 aromatic carbocycles. The highest BCUT2D eigenvalue weighted by Gasteiger charge is 2.39. The zero-order chi connectivity index (χ0) is 13.1. The van der Waals surface area contributed by atoms with E-state index in [1.165, 1.54) is 5.32 Å². The predicted octanol–water partition coefficient (Wildman–Crippen LogP) is 0.928. The molecule has 0 saturated carbocycles. The number of aliphatic carboxylic acids is 1. The van der Waals surface area contributed by atoms with Crippen molar-refractivity contribution < 1.29 is 27.9 Å². The number of anilines is 1. The lowest BCUT2D eigenvalue weighted by Gasteiger charge is -2.04. The van der Waals surface area contributed by atoms with Crippen LogP contribution in [-0.2, 0) is 16.0 Å². The van der Waals surface area contributed by atoms with Gasteiger partial charge in [-0.2, -0.15) is 13.2 Å². The zero-order valence-electron chi connectivity index (χ0n) is 8.34. The van der Waals surface area contributed by atoms with Crippen LogP contribution in [-0.4, -0.2) is 33.1 Å². The fourth-order valence-electron chi connectivity index (χ4n) is 0.970. The van der Waals surface area contributed by atoms with E-state index in [-0.39, 0.29) is 18.8 Å². The summed E-state index contributed by atoms with van der Waals surface area (Å²) >= 11 is 0. The summed E-state index contributed by atoms with van der Waals surface area (Å²) in [6.07, 6.45) is -3.93. The number of H-pyrrole nitrogens is 1. The minimum Gasteiger partial charge on any atom is -0.481 e. The molecule has 1 amide bonds. The van der Waals surface area contributed by atoms with Crippen LogP contribution in [0.5, 0.6) is 0 Å². The Morgan fingerprint density at radius 1 is 1.47 bits per heavy atom. The number of imidazole rings is 1. The maximum Gasteiger partial charge on any atom is 0.471 e. The van der Waals surface area contributed by atoms with Crippen molar-refractivity contribution in [3.8, 4) is 0 Å². The first-order valence-corrected chi connectivity index (χ1v) is 4.43. The first-order chi connectivity index (χ1) is 7.79. The number of halogens is 3. The molecule has 9 heteroatoms. The monoisotopic (exact) mass is 251 g/mol. The molecule has 94 valence electrons. The van der Waals surface area contributed by atoms with E-state index in [0.29, 0.717) is 5.69 Å². The molecule has 0 aliphatic rings. The smallest absolute Gasteiger partial charge is 0.471 e. The van der Waals surface area contributed by atoms with Crippen LogP contribution in [0.1, 0.15) is 12.1 Å². The Balaban J connectivity index is 2.57. The lowest BCUT2D eigenvalue weighted by atomic mass is 10.2. The van der Waals surface area contributed by atoms with Crippen molar-refractivity contribution in [2.45, 2.75) is 19.0 Å². The summed E-state index contributed by atoms with van der Waals surface area (Å²) in [6, 6.07) is 0. The van der Waals surface area contributed by atoms with Crippen LogP contribution in [0, 0.1) is 0 Å². The molecule has 1 rings (SSSR count). The number of aromatic amines is 1. The van der Waals surface area contributed by atoms with Gasteiger partial charge in [-0.15, -0.1) is 0 Å². The molecular weight excluding hydrogens is 243 g/mol. The summed E-state index contributed by atoms with van der Waals surface area (Å²) in [5.74, 6) is -3.55. The van der Waals surface area contributed by atoms with Gasteiger partial charge in [0, 0.05) is 5.69 Å². The van der Waals surface area contributed by atoms with Gasteiger partial charge < -0.3 is 10.1 Å². The topological polar surface area (TPSA) is 95.1 Å². The highest BCUT2D eigenvalue weighted by molar-refractivity contribution is 5.93. The van der Waals surface area contributed by atoms with Gasteiger partial charge in [0.1, 0.15) is 0 Å². The number of nitrogens with zero attached hydrogens (tertiary/aromatic N) is 1. The largest absolute Gasteiger partial charge is 0.481 e. The number of aryl methyl sites for hydroxylation is 1. The number of rotatable bonds is 4. The van der Waals surface area contributed by atoms with Gasteiger partial charge in [-0.25, -0.2) is 4.98 Å². The molecule has 0 unspecified atom stereocenters. The van der Waals surface area contributed by atoms with E-state index < -0.39 is 18.1 Å². The van der Waals surface area contributed by atoms with Crippen molar-refractivity contribution in [3.05, 3.63) is 11.9 Å². The van der Waals surface area contributed by atoms with Crippen molar-refractivity contribution in [1.29, 1.82) is 0 Å². The Labute approximate surface area is 92.8 Å². The van der Waals surface area contributed by atoms with Crippen molar-refractivity contribution in [2.75, 3.05) is 5.32 Å². The molecule has 1 aromatic heterocycles. The molecule has 0 radical (unpaired) electrons. The van der Waals surface area contributed by atoms with Crippen molar-refractivity contribution >= 4 is 17.8 Å². The molecule has 6 nitrogen and oxygen atoms in total. The predicted molar refractivity (Wildman–Crippen MR) is 49.2 cm³/mol. The van der Waals surface area contributed by atoms with E-state index in [2.05, 4.69) is 9.97 Å². The lowest BCUT2D eigenvalue weighted by Crippen LogP contribution is -2.30. The number of hydrogen-bond donors (Lipinski definition) is 3. The summed E-state index contributed by atoms with van der Waals surface area (Å²) in [5.41, 5.74) is 0.324. The van der Waals surface area contributed by atoms with E-state index in [1.807, 2.05) is 0 Å². The highest BCUT2D eigenvalue weighted by Crippen LogP contribution is 2.16. The van der Waals surface area contributed by atoms with Gasteiger partial charge in [0.25, 0.3) is 0 Å². The summed E-state index contributed by atoms with van der Waals surface area (Å²) in [4.78, 5) is 26.6. The Kier molecular flexibility index (Phi) is 3.71. The molecule has 1 aromatic rings. The molecule has 0 saturated heterocycles. The van der Waals surface area contributed by atoms with Crippen LogP contribution in [0.2, 0.25) is 0 Å². The number of nitrogens with one attached hydrogen (secondary N) is 2. The second-order valence-corrected chi connectivity index (χ2v) is 3.10. The summed E-state index contributed by atoms with van der Waals surface area (Å²) in [5, 5.41) is 9.89. The van der Waals surface area contributed by atoms with E-state index >= 15 is 0 Å². The maximum absolute atomic E-state index is 11.9. The fraction of sp³-hybridized carbons (Fsp3) is 0.375. The fourth-order valence-corrected chi connectivity index (χ4v) is 0.970. The Morgan fingerprint density at radius 2 is 2.12 bits per heavy atom. The number of carboxylic acid groups (broad SMARTS) is 1. The summed E-state index contributed by atoms with van der Waals surface area (Å²) in [6.45, 7) is 0. The number of carbonyl (C=O) groups is 2. The molecule has 0 aliphatic carbocycles. The normalized spacial score (nSPS) is 11.2. The van der Waals surface area contributed by atoms with Gasteiger partial charge in [-0.1, -0.05) is 0 Å². The van der Waals surface area contributed by atoms with Crippen molar-refractivity contribution in [3.63, 3.8) is 0 Å². The number of carboxylic acids is 1. The van der Waals surface area contributed by atoms with E-state index in [1.54, 1.807) is 0 Å². The van der Waals surface area contributed by atoms with E-state index in [9.17, 15) is 22.8 Å². The molecule has 0 aliphatic heterocycles. The third-order valence-electron chi connectivity index (χ3n) is 1.73. The Hall–Kier alpha value is -2.06. The number of hydrogen-bond acceptors (Lipinski definition) is 3. The van der Waals surface area contributed by atoms with E-state index in [0.717, 1.165) is 6.20 Å². The van der Waals surface area contributed by atoms with Gasteiger partial charge >= 0.3 is 18.1 Å². The molecule has 3 N–H and O–H groups in total. The van der Waals surface area contributed by atoms with Gasteiger partial charge in [0.05, 0.1) is 12.6 Å². The third kappa shape index (κ3) is 4.13. The number of alkyl halides is 3. The van der Waals surface area contributed by atoms with Gasteiger partial charge in [0.15, 0.2) is 0 Å². The maximum atomic E-state index is 11.9. The Bertz CT molecular complexity index is 427. The molecule has 0 atom stereocenters. The molecule has 0 bridgehead atoms. The lowest BCUT2D eigenvalue weighted by molar-refractivity contribution is -0.167. The zero-order valence-corrected chi connectivity index (χ0v) is 8.34. The minimum absolute atomic E-state index is 0.0875. The van der Waals surface area contributed by atoms with Crippen LogP contribution in [0.4, 0.5) is 19.1 Å². The molecule has 0 fully saturated rings. The second kappa shape index (κ2) is 4.85. The first kappa shape index (κ1) is 13.0. The number of carbonyl (C=O) groups excluding carboxylic acids is 1. The van der Waals surface area contributed by atoms with Crippen molar-refractivity contribution in [1.82, 2.24) is 9.97 Å². The first-order valence-electron chi connectivity index (χ1n) is 4.43. The summed E-state index contributed by atoms with van der Waals surface area (Å²) in [7, 11) is 0. The van der Waals surface area contributed by atoms with Crippen LogP contribution < -0.4 is 5.32 Å². The van der Waals surface area contributed by atoms with Crippen LogP contribution in [0.3, 0.4) is 0 Å². The Morgan fingerprint density at radius 3 is 2.65 bits per heavy atom. The standard InChI is InChI=1S/C8H8F3N3O3/c9-8(10,11)6(17)14-7-12-3-4(13-7)1-2-5(15)16/h3H,1-2H2,(H,15,16)(H2,12,13,14,17). The van der Waals surface area contributed by atoms with Gasteiger partial charge in [-0.3, -0.25) is 14.9 Å². The summed E-state index contributed by atoms with van der Waals surface area (Å²) < 4.78 is 35.6. The minimum atomic E-state index is -4.99. The van der Waals surface area contributed by atoms with Crippen LogP contribution in [0.25, 0.3) is 0 Å².